The third-order valence-electron chi connectivity index (χ3n) is 3.93. The van der Waals surface area contributed by atoms with Gasteiger partial charge in [0.1, 0.15) is 23.3 Å². The van der Waals surface area contributed by atoms with Crippen LogP contribution in [0.1, 0.15) is 30.0 Å². The number of hydrogen-bond donors (Lipinski definition) is 4. The quantitative estimate of drug-likeness (QED) is 0.423. The number of ketones is 1. The summed E-state index contributed by atoms with van der Waals surface area (Å²) >= 11 is 0. The Morgan fingerprint density at radius 1 is 1.20 bits per heavy atom. The van der Waals surface area contributed by atoms with E-state index >= 15 is 0 Å². The molecule has 0 fully saturated rings. The number of fused-ring (bicyclic) bond motifs is 1. The molecule has 128 valence electrons. The maximum atomic E-state index is 12.1. The van der Waals surface area contributed by atoms with E-state index in [9.17, 15) is 15.0 Å². The molecule has 0 aliphatic carbocycles. The molecule has 1 heterocycles. The Labute approximate surface area is 144 Å². The summed E-state index contributed by atoms with van der Waals surface area (Å²) in [5.74, 6) is -0.303. The first-order valence-corrected chi connectivity index (χ1v) is 7.80. The number of aromatic amines is 1. The van der Waals surface area contributed by atoms with Crippen LogP contribution < -0.4 is 0 Å². The summed E-state index contributed by atoms with van der Waals surface area (Å²) < 4.78 is 0. The molecule has 0 radical (unpaired) electrons. The van der Waals surface area contributed by atoms with Gasteiger partial charge in [0, 0.05) is 5.56 Å². The van der Waals surface area contributed by atoms with Crippen LogP contribution in [-0.2, 0) is 4.79 Å². The number of para-hydroxylation sites is 2. The summed E-state index contributed by atoms with van der Waals surface area (Å²) in [7, 11) is 0. The van der Waals surface area contributed by atoms with E-state index in [2.05, 4.69) is 9.97 Å². The Kier molecular flexibility index (Phi) is 4.65. The van der Waals surface area contributed by atoms with Crippen LogP contribution >= 0.6 is 0 Å². The van der Waals surface area contributed by atoms with E-state index < -0.39 is 12.7 Å². The molecule has 0 amide bonds. The SMILES string of the molecule is CC(=O)C(=C(O)c1cccc([C@H](O)CO)c1)c1nc2ccccc2[nH]1. The first-order valence-electron chi connectivity index (χ1n) is 7.80. The predicted molar refractivity (Wildman–Crippen MR) is 94.7 cm³/mol. The van der Waals surface area contributed by atoms with E-state index in [0.717, 1.165) is 5.52 Å². The number of rotatable bonds is 5. The van der Waals surface area contributed by atoms with E-state index in [-0.39, 0.29) is 22.9 Å². The number of benzene rings is 2. The molecule has 4 N–H and O–H groups in total. The number of H-pyrrole nitrogens is 1. The minimum atomic E-state index is -1.06. The molecule has 1 aromatic heterocycles. The summed E-state index contributed by atoms with van der Waals surface area (Å²) in [6, 6.07) is 13.7. The van der Waals surface area contributed by atoms with Crippen LogP contribution in [0, 0.1) is 0 Å². The van der Waals surface area contributed by atoms with Gasteiger partial charge in [0.15, 0.2) is 5.78 Å². The second kappa shape index (κ2) is 6.88. The molecule has 6 nitrogen and oxygen atoms in total. The highest BCUT2D eigenvalue weighted by molar-refractivity contribution is 6.25. The lowest BCUT2D eigenvalue weighted by Crippen LogP contribution is -2.05. The number of nitrogens with zero attached hydrogens (tertiary/aromatic N) is 1. The molecule has 0 spiro atoms. The number of carbonyl (C=O) groups excluding carboxylic acids is 1. The second-order valence-corrected chi connectivity index (χ2v) is 5.71. The fourth-order valence-corrected chi connectivity index (χ4v) is 2.66. The van der Waals surface area contributed by atoms with Crippen LogP contribution in [0.15, 0.2) is 48.5 Å². The van der Waals surface area contributed by atoms with Gasteiger partial charge in [-0.2, -0.15) is 0 Å². The number of hydrogen-bond acceptors (Lipinski definition) is 5. The van der Waals surface area contributed by atoms with E-state index in [4.69, 9.17) is 5.11 Å². The molecule has 0 saturated carbocycles. The van der Waals surface area contributed by atoms with Crippen LogP contribution in [0.2, 0.25) is 0 Å². The van der Waals surface area contributed by atoms with Crippen LogP contribution in [0.4, 0.5) is 0 Å². The van der Waals surface area contributed by atoms with Gasteiger partial charge in [0.05, 0.1) is 17.6 Å². The average molecular weight is 338 g/mol. The largest absolute Gasteiger partial charge is 0.506 e. The maximum absolute atomic E-state index is 12.1. The molecule has 1 atom stereocenters. The highest BCUT2D eigenvalue weighted by Gasteiger charge is 2.19. The molecular weight excluding hydrogens is 320 g/mol. The smallest absolute Gasteiger partial charge is 0.167 e. The van der Waals surface area contributed by atoms with Crippen LogP contribution in [-0.4, -0.2) is 37.7 Å². The standard InChI is InChI=1S/C19H18N2O4/c1-11(23)17(19-20-14-7-2-3-8-15(14)21-19)18(25)13-6-4-5-12(9-13)16(24)10-22/h2-9,16,22,24-25H,10H2,1H3,(H,20,21)/t16-/m1/s1. The molecule has 2 aromatic carbocycles. The number of aromatic nitrogens is 2. The number of imidazole rings is 1. The highest BCUT2D eigenvalue weighted by atomic mass is 16.3. The van der Waals surface area contributed by atoms with E-state index in [1.165, 1.54) is 13.0 Å². The van der Waals surface area contributed by atoms with Crippen molar-refractivity contribution in [2.24, 2.45) is 0 Å². The molecule has 3 rings (SSSR count). The van der Waals surface area contributed by atoms with Crippen LogP contribution in [0.5, 0.6) is 0 Å². The molecule has 6 heteroatoms. The van der Waals surface area contributed by atoms with Gasteiger partial charge in [-0.25, -0.2) is 4.98 Å². The van der Waals surface area contributed by atoms with Gasteiger partial charge in [-0.15, -0.1) is 0 Å². The number of Topliss-reactive ketones (excluding diaryl/α,β-unsaturated/α-hetero) is 1. The van der Waals surface area contributed by atoms with Gasteiger partial charge in [0.25, 0.3) is 0 Å². The van der Waals surface area contributed by atoms with Gasteiger partial charge >= 0.3 is 0 Å². The Hall–Kier alpha value is -2.96. The summed E-state index contributed by atoms with van der Waals surface area (Å²) in [6.45, 7) is 0.919. The summed E-state index contributed by atoms with van der Waals surface area (Å²) in [6.07, 6.45) is -1.06. The van der Waals surface area contributed by atoms with Crippen molar-refractivity contribution >= 4 is 28.1 Å². The van der Waals surface area contributed by atoms with Crippen LogP contribution in [0.25, 0.3) is 22.4 Å². The molecule has 25 heavy (non-hydrogen) atoms. The van der Waals surface area contributed by atoms with Gasteiger partial charge in [-0.3, -0.25) is 4.79 Å². The van der Waals surface area contributed by atoms with Crippen molar-refractivity contribution in [3.63, 3.8) is 0 Å². The highest BCUT2D eigenvalue weighted by Crippen LogP contribution is 2.27. The van der Waals surface area contributed by atoms with Gasteiger partial charge in [-0.05, 0) is 30.7 Å². The topological polar surface area (TPSA) is 106 Å². The van der Waals surface area contributed by atoms with Gasteiger partial charge in [0.2, 0.25) is 0 Å². The summed E-state index contributed by atoms with van der Waals surface area (Å²) in [4.78, 5) is 19.6. The van der Waals surface area contributed by atoms with Crippen molar-refractivity contribution in [1.29, 1.82) is 0 Å². The van der Waals surface area contributed by atoms with Crippen molar-refractivity contribution in [3.05, 3.63) is 65.5 Å². The molecule has 0 bridgehead atoms. The third-order valence-corrected chi connectivity index (χ3v) is 3.93. The zero-order valence-corrected chi connectivity index (χ0v) is 13.6. The minimum Gasteiger partial charge on any atom is -0.506 e. The molecule has 3 aromatic rings. The first kappa shape index (κ1) is 16.9. The molecule has 0 aliphatic heterocycles. The van der Waals surface area contributed by atoms with Crippen LogP contribution in [0.3, 0.4) is 0 Å². The van der Waals surface area contributed by atoms with Crippen molar-refractivity contribution in [3.8, 4) is 0 Å². The number of allylic oxidation sites excluding steroid dienone is 1. The Morgan fingerprint density at radius 2 is 1.96 bits per heavy atom. The molecule has 0 aliphatic rings. The van der Waals surface area contributed by atoms with Crippen molar-refractivity contribution in [2.75, 3.05) is 6.61 Å². The fraction of sp³-hybridized carbons (Fsp3) is 0.158. The maximum Gasteiger partial charge on any atom is 0.167 e. The number of aliphatic hydroxyl groups is 3. The number of nitrogens with one attached hydrogen (secondary N) is 1. The fourth-order valence-electron chi connectivity index (χ4n) is 2.66. The lowest BCUT2D eigenvalue weighted by molar-refractivity contribution is -0.111. The van der Waals surface area contributed by atoms with Gasteiger partial charge in [-0.1, -0.05) is 30.3 Å². The zero-order chi connectivity index (χ0) is 18.0. The minimum absolute atomic E-state index is 0.0619. The number of carbonyl (C=O) groups is 1. The predicted octanol–water partition coefficient (Wildman–Crippen LogP) is 2.60. The van der Waals surface area contributed by atoms with Crippen molar-refractivity contribution in [2.45, 2.75) is 13.0 Å². The summed E-state index contributed by atoms with van der Waals surface area (Å²) in [5, 5.41) is 29.5. The normalized spacial score (nSPS) is 13.6. The van der Waals surface area contributed by atoms with E-state index in [0.29, 0.717) is 16.6 Å². The molecule has 0 unspecified atom stereocenters. The monoisotopic (exact) mass is 338 g/mol. The number of aliphatic hydroxyl groups excluding tert-OH is 3. The molecule has 0 saturated heterocycles. The summed E-state index contributed by atoms with van der Waals surface area (Å²) in [5.41, 5.74) is 2.31. The zero-order valence-electron chi connectivity index (χ0n) is 13.6. The second-order valence-electron chi connectivity index (χ2n) is 5.71. The Balaban J connectivity index is 2.14. The van der Waals surface area contributed by atoms with Gasteiger partial charge < -0.3 is 20.3 Å². The first-order chi connectivity index (χ1) is 12.0. The lowest BCUT2D eigenvalue weighted by atomic mass is 10.0. The Morgan fingerprint density at radius 3 is 2.64 bits per heavy atom. The van der Waals surface area contributed by atoms with Crippen molar-refractivity contribution in [1.82, 2.24) is 9.97 Å². The van der Waals surface area contributed by atoms with E-state index in [1.54, 1.807) is 18.2 Å². The average Bonchev–Trinajstić information content (AvgIpc) is 3.04. The molecular formula is C19H18N2O4. The lowest BCUT2D eigenvalue weighted by Gasteiger charge is -2.11. The van der Waals surface area contributed by atoms with E-state index in [1.807, 2.05) is 24.3 Å². The third kappa shape index (κ3) is 3.31. The van der Waals surface area contributed by atoms with Crippen molar-refractivity contribution < 1.29 is 20.1 Å². The Bertz CT molecular complexity index is 926.